The molecule has 0 aliphatic carbocycles. The maximum Gasteiger partial charge on any atom is 0.449 e. The summed E-state index contributed by atoms with van der Waals surface area (Å²) in [5, 5.41) is 8.62. The summed E-state index contributed by atoms with van der Waals surface area (Å²) in [5.41, 5.74) is -0.975. The minimum Gasteiger partial charge on any atom is -0.454 e. The second-order valence-electron chi connectivity index (χ2n) is 5.71. The Morgan fingerprint density at radius 2 is 1.85 bits per heavy atom. The topological polar surface area (TPSA) is 82.7 Å². The van der Waals surface area contributed by atoms with Crippen LogP contribution in [0.15, 0.2) is 45.6 Å². The van der Waals surface area contributed by atoms with E-state index in [0.717, 1.165) is 12.1 Å². The molecule has 2 aromatic carbocycles. The van der Waals surface area contributed by atoms with Gasteiger partial charge in [-0.3, -0.25) is 4.79 Å². The Bertz CT molecular complexity index is 1300. The van der Waals surface area contributed by atoms with Crippen molar-refractivity contribution in [2.45, 2.75) is 6.18 Å². The van der Waals surface area contributed by atoms with Gasteiger partial charge >= 0.3 is 6.18 Å². The van der Waals surface area contributed by atoms with Gasteiger partial charge in [0.05, 0.1) is 17.0 Å². The predicted molar refractivity (Wildman–Crippen MR) is 87.2 cm³/mol. The molecule has 0 saturated heterocycles. The molecule has 5 nitrogen and oxygen atoms in total. The number of alkyl halides is 3. The Labute approximate surface area is 147 Å². The Morgan fingerprint density at radius 3 is 2.48 bits per heavy atom. The second kappa shape index (κ2) is 5.67. The minimum absolute atomic E-state index is 0.0630. The molecule has 0 aliphatic rings. The second-order valence-corrected chi connectivity index (χ2v) is 5.71. The van der Waals surface area contributed by atoms with E-state index in [0.29, 0.717) is 11.1 Å². The summed E-state index contributed by atoms with van der Waals surface area (Å²) >= 11 is 0. The molecular weight excluding hydrogens is 366 g/mol. The van der Waals surface area contributed by atoms with Gasteiger partial charge < -0.3 is 9.40 Å². The number of nitriles is 1. The largest absolute Gasteiger partial charge is 0.454 e. The van der Waals surface area contributed by atoms with Crippen molar-refractivity contribution in [1.82, 2.24) is 9.97 Å². The summed E-state index contributed by atoms with van der Waals surface area (Å²) in [6.07, 6.45) is -4.82. The van der Waals surface area contributed by atoms with Gasteiger partial charge in [-0.1, -0.05) is 0 Å². The zero-order chi connectivity index (χ0) is 19.3. The number of nitrogens with one attached hydrogen (secondary N) is 1. The van der Waals surface area contributed by atoms with Crippen molar-refractivity contribution in [3.8, 4) is 17.4 Å². The fourth-order valence-corrected chi connectivity index (χ4v) is 2.72. The molecule has 0 spiro atoms. The monoisotopic (exact) mass is 373 g/mol. The van der Waals surface area contributed by atoms with Gasteiger partial charge in [0.1, 0.15) is 16.8 Å². The number of imidazole rings is 1. The normalized spacial score (nSPS) is 11.8. The van der Waals surface area contributed by atoms with Crippen LogP contribution in [-0.2, 0) is 6.18 Å². The Hall–Kier alpha value is -3.67. The van der Waals surface area contributed by atoms with E-state index in [1.54, 1.807) is 0 Å². The zero-order valence-corrected chi connectivity index (χ0v) is 13.2. The average Bonchev–Trinajstić information content (AvgIpc) is 3.09. The fraction of sp³-hybridized carbons (Fsp3) is 0.0556. The molecule has 0 unspecified atom stereocenters. The molecule has 9 heteroatoms. The molecule has 134 valence electrons. The SMILES string of the molecule is N#Cc1ccc(-c2cc(=O)c3cc(F)c4nc(C(F)(F)F)[nH]c4c3o2)cc1. The van der Waals surface area contributed by atoms with Crippen LogP contribution in [0.25, 0.3) is 33.3 Å². The van der Waals surface area contributed by atoms with Crippen LogP contribution in [0.3, 0.4) is 0 Å². The number of nitrogens with zero attached hydrogens (tertiary/aromatic N) is 2. The number of aromatic nitrogens is 2. The molecule has 27 heavy (non-hydrogen) atoms. The third kappa shape index (κ3) is 2.71. The smallest absolute Gasteiger partial charge is 0.449 e. The molecule has 0 amide bonds. The number of hydrogen-bond donors (Lipinski definition) is 1. The number of halogens is 4. The van der Waals surface area contributed by atoms with Crippen molar-refractivity contribution < 1.29 is 22.0 Å². The van der Waals surface area contributed by atoms with Crippen LogP contribution in [0.5, 0.6) is 0 Å². The lowest BCUT2D eigenvalue weighted by Gasteiger charge is -2.04. The van der Waals surface area contributed by atoms with Crippen molar-refractivity contribution in [1.29, 1.82) is 5.26 Å². The number of fused-ring (bicyclic) bond motifs is 3. The molecule has 2 heterocycles. The number of rotatable bonds is 1. The van der Waals surface area contributed by atoms with Gasteiger partial charge in [0, 0.05) is 11.6 Å². The highest BCUT2D eigenvalue weighted by atomic mass is 19.4. The van der Waals surface area contributed by atoms with Crippen LogP contribution < -0.4 is 5.43 Å². The number of benzene rings is 2. The fourth-order valence-electron chi connectivity index (χ4n) is 2.72. The summed E-state index contributed by atoms with van der Waals surface area (Å²) in [6.45, 7) is 0. The van der Waals surface area contributed by atoms with Crippen LogP contribution in [0.4, 0.5) is 17.6 Å². The third-order valence-electron chi connectivity index (χ3n) is 3.98. The van der Waals surface area contributed by atoms with Gasteiger partial charge in [-0.25, -0.2) is 9.37 Å². The quantitative estimate of drug-likeness (QED) is 0.503. The molecule has 0 atom stereocenters. The zero-order valence-electron chi connectivity index (χ0n) is 13.2. The van der Waals surface area contributed by atoms with Gasteiger partial charge in [-0.05, 0) is 30.3 Å². The Morgan fingerprint density at radius 1 is 1.15 bits per heavy atom. The average molecular weight is 373 g/mol. The van der Waals surface area contributed by atoms with Gasteiger partial charge in [-0.2, -0.15) is 18.4 Å². The van der Waals surface area contributed by atoms with Crippen LogP contribution in [-0.4, -0.2) is 9.97 Å². The van der Waals surface area contributed by atoms with Crippen molar-refractivity contribution >= 4 is 22.0 Å². The first-order chi connectivity index (χ1) is 12.8. The van der Waals surface area contributed by atoms with Gasteiger partial charge in [0.25, 0.3) is 0 Å². The predicted octanol–water partition coefficient (Wildman–Crippen LogP) is 4.37. The van der Waals surface area contributed by atoms with Gasteiger partial charge in [-0.15, -0.1) is 0 Å². The first kappa shape index (κ1) is 16.8. The van der Waals surface area contributed by atoms with Crippen LogP contribution in [0.2, 0.25) is 0 Å². The minimum atomic E-state index is -4.82. The number of H-pyrrole nitrogens is 1. The first-order valence-corrected chi connectivity index (χ1v) is 7.52. The molecule has 2 aromatic heterocycles. The van der Waals surface area contributed by atoms with Crippen molar-refractivity contribution in [3.63, 3.8) is 0 Å². The molecule has 0 saturated carbocycles. The first-order valence-electron chi connectivity index (χ1n) is 7.52. The Balaban J connectivity index is 2.03. The van der Waals surface area contributed by atoms with E-state index in [2.05, 4.69) is 4.98 Å². The molecule has 0 fully saturated rings. The molecular formula is C18H7F4N3O2. The molecule has 0 radical (unpaired) electrons. The molecule has 0 aliphatic heterocycles. The van der Waals surface area contributed by atoms with E-state index in [9.17, 15) is 22.4 Å². The van der Waals surface area contributed by atoms with Crippen LogP contribution in [0.1, 0.15) is 11.4 Å². The third-order valence-corrected chi connectivity index (χ3v) is 3.98. The maximum atomic E-state index is 14.1. The summed E-state index contributed by atoms with van der Waals surface area (Å²) in [7, 11) is 0. The van der Waals surface area contributed by atoms with Gasteiger partial charge in [0.2, 0.25) is 5.82 Å². The van der Waals surface area contributed by atoms with Crippen molar-refractivity contribution in [2.24, 2.45) is 0 Å². The van der Waals surface area contributed by atoms with Crippen molar-refractivity contribution in [3.05, 3.63) is 63.8 Å². The van der Waals surface area contributed by atoms with E-state index >= 15 is 0 Å². The summed E-state index contributed by atoms with van der Waals surface area (Å²) in [4.78, 5) is 17.6. The van der Waals surface area contributed by atoms with E-state index in [1.807, 2.05) is 11.1 Å². The van der Waals surface area contributed by atoms with Gasteiger partial charge in [0.15, 0.2) is 16.8 Å². The van der Waals surface area contributed by atoms with E-state index < -0.39 is 28.8 Å². The van der Waals surface area contributed by atoms with E-state index in [-0.39, 0.29) is 22.2 Å². The van der Waals surface area contributed by atoms with Crippen LogP contribution >= 0.6 is 0 Å². The van der Waals surface area contributed by atoms with Crippen LogP contribution in [0, 0.1) is 17.1 Å². The highest BCUT2D eigenvalue weighted by molar-refractivity contribution is 6.01. The molecule has 1 N–H and O–H groups in total. The molecule has 0 bridgehead atoms. The maximum absolute atomic E-state index is 14.1. The lowest BCUT2D eigenvalue weighted by Crippen LogP contribution is -2.06. The standard InChI is InChI=1S/C18H7F4N3O2/c19-11-5-10-12(26)6-13(9-3-1-8(7-23)2-4-9)27-16(10)15-14(11)24-17(25-15)18(20,21)22/h1-6H,(H,24,25). The molecule has 4 aromatic rings. The highest BCUT2D eigenvalue weighted by Gasteiger charge is 2.35. The summed E-state index contributed by atoms with van der Waals surface area (Å²) in [6, 6.07) is 9.89. The number of hydrogen-bond acceptors (Lipinski definition) is 4. The lowest BCUT2D eigenvalue weighted by atomic mass is 10.1. The van der Waals surface area contributed by atoms with Crippen molar-refractivity contribution in [2.75, 3.05) is 0 Å². The number of aromatic amines is 1. The molecule has 4 rings (SSSR count). The Kier molecular flexibility index (Phi) is 3.52. The lowest BCUT2D eigenvalue weighted by molar-refractivity contribution is -0.144. The summed E-state index contributed by atoms with van der Waals surface area (Å²) in [5.74, 6) is -2.40. The highest BCUT2D eigenvalue weighted by Crippen LogP contribution is 2.33. The summed E-state index contributed by atoms with van der Waals surface area (Å²) < 4.78 is 58.5. The van der Waals surface area contributed by atoms with E-state index in [1.165, 1.54) is 24.3 Å². The van der Waals surface area contributed by atoms with E-state index in [4.69, 9.17) is 9.68 Å².